The van der Waals surface area contributed by atoms with Crippen LogP contribution in [0.2, 0.25) is 0 Å². The number of pyridine rings is 1. The summed E-state index contributed by atoms with van der Waals surface area (Å²) in [5.74, 6) is -0.272. The lowest BCUT2D eigenvalue weighted by atomic mass is 10.2. The van der Waals surface area contributed by atoms with Crippen molar-refractivity contribution < 1.29 is 9.59 Å². The van der Waals surface area contributed by atoms with Gasteiger partial charge >= 0.3 is 0 Å². The number of nitrogens with zero attached hydrogens (tertiary/aromatic N) is 2. The molecule has 1 heterocycles. The Morgan fingerprint density at radius 1 is 1.40 bits per heavy atom. The molecule has 0 spiro atoms. The maximum Gasteiger partial charge on any atom is 0.250 e. The number of carbonyl (C=O) groups excluding carboxylic acids is 2. The predicted octanol–water partition coefficient (Wildman–Crippen LogP) is 0.432. The van der Waals surface area contributed by atoms with Crippen LogP contribution in [0.25, 0.3) is 0 Å². The number of nitrogens with two attached hydrogens (primary N) is 2. The average molecular weight is 279 g/mol. The van der Waals surface area contributed by atoms with Gasteiger partial charge in [0.2, 0.25) is 5.91 Å². The van der Waals surface area contributed by atoms with E-state index in [1.165, 1.54) is 12.3 Å². The molecule has 0 fully saturated rings. The highest BCUT2D eigenvalue weighted by atomic mass is 16.2. The van der Waals surface area contributed by atoms with E-state index in [1.54, 1.807) is 11.8 Å². The fourth-order valence-corrected chi connectivity index (χ4v) is 1.85. The summed E-state index contributed by atoms with van der Waals surface area (Å²) in [7, 11) is 0. The van der Waals surface area contributed by atoms with Crippen LogP contribution in [0.1, 0.15) is 31.1 Å². The SMILES string of the molecule is CCN(CC)C(=O)C(C)Nc1cc(C(N)=O)c(N)cn1. The molecule has 1 rings (SSSR count). The van der Waals surface area contributed by atoms with Crippen LogP contribution in [-0.4, -0.2) is 40.8 Å². The molecule has 1 atom stereocenters. The molecule has 0 aliphatic heterocycles. The molecule has 1 aromatic rings. The van der Waals surface area contributed by atoms with E-state index in [0.717, 1.165) is 0 Å². The van der Waals surface area contributed by atoms with Crippen molar-refractivity contribution in [2.75, 3.05) is 24.1 Å². The standard InChI is InChI=1S/C13H21N5O2/c1-4-18(5-2)13(20)8(3)17-11-6-9(12(15)19)10(14)7-16-11/h6-8H,4-5,14H2,1-3H3,(H2,15,19)(H,16,17). The number of nitrogen functional groups attached to an aromatic ring is 1. The summed E-state index contributed by atoms with van der Waals surface area (Å²) in [6, 6.07) is 0.996. The van der Waals surface area contributed by atoms with Crippen molar-refractivity contribution in [1.82, 2.24) is 9.88 Å². The number of primary amides is 1. The Labute approximate surface area is 118 Å². The first-order valence-electron chi connectivity index (χ1n) is 6.51. The highest BCUT2D eigenvalue weighted by Crippen LogP contribution is 2.15. The topological polar surface area (TPSA) is 114 Å². The zero-order valence-corrected chi connectivity index (χ0v) is 12.0. The molecule has 7 nitrogen and oxygen atoms in total. The Morgan fingerprint density at radius 3 is 2.50 bits per heavy atom. The monoisotopic (exact) mass is 279 g/mol. The second-order valence-electron chi connectivity index (χ2n) is 4.40. The molecular weight excluding hydrogens is 258 g/mol. The Bertz CT molecular complexity index is 500. The predicted molar refractivity (Wildman–Crippen MR) is 78.2 cm³/mol. The number of hydrogen-bond acceptors (Lipinski definition) is 5. The smallest absolute Gasteiger partial charge is 0.250 e. The number of hydrogen-bond donors (Lipinski definition) is 3. The minimum Gasteiger partial charge on any atom is -0.397 e. The van der Waals surface area contributed by atoms with Crippen LogP contribution >= 0.6 is 0 Å². The van der Waals surface area contributed by atoms with Crippen LogP contribution in [0.5, 0.6) is 0 Å². The van der Waals surface area contributed by atoms with Gasteiger partial charge in [-0.25, -0.2) is 4.98 Å². The molecule has 0 radical (unpaired) electrons. The quantitative estimate of drug-likeness (QED) is 0.698. The van der Waals surface area contributed by atoms with Crippen LogP contribution in [0.15, 0.2) is 12.3 Å². The second kappa shape index (κ2) is 6.74. The van der Waals surface area contributed by atoms with Gasteiger partial charge in [0.1, 0.15) is 11.9 Å². The lowest BCUT2D eigenvalue weighted by Crippen LogP contribution is -2.41. The van der Waals surface area contributed by atoms with Gasteiger partial charge in [0, 0.05) is 13.1 Å². The normalized spacial score (nSPS) is 11.8. The maximum atomic E-state index is 12.1. The highest BCUT2D eigenvalue weighted by Gasteiger charge is 2.19. The molecule has 1 unspecified atom stereocenters. The fraction of sp³-hybridized carbons (Fsp3) is 0.462. The number of nitrogens with one attached hydrogen (secondary N) is 1. The molecule has 0 saturated heterocycles. The van der Waals surface area contributed by atoms with Gasteiger partial charge in [0.25, 0.3) is 5.91 Å². The molecule has 7 heteroatoms. The van der Waals surface area contributed by atoms with Gasteiger partial charge in [0.05, 0.1) is 17.4 Å². The molecule has 20 heavy (non-hydrogen) atoms. The first-order chi connectivity index (χ1) is 9.40. The number of likely N-dealkylation sites (N-methyl/N-ethyl adjacent to an activating group) is 1. The van der Waals surface area contributed by atoms with Crippen molar-refractivity contribution in [1.29, 1.82) is 0 Å². The minimum atomic E-state index is -0.629. The number of aromatic nitrogens is 1. The summed E-state index contributed by atoms with van der Waals surface area (Å²) in [5.41, 5.74) is 11.2. The zero-order chi connectivity index (χ0) is 15.3. The van der Waals surface area contributed by atoms with E-state index >= 15 is 0 Å². The molecule has 0 aliphatic carbocycles. The van der Waals surface area contributed by atoms with Crippen LogP contribution in [0.4, 0.5) is 11.5 Å². The minimum absolute atomic E-state index is 0.0331. The van der Waals surface area contributed by atoms with E-state index in [1.807, 2.05) is 13.8 Å². The molecule has 0 aromatic carbocycles. The Balaban J connectivity index is 2.85. The summed E-state index contributed by atoms with van der Waals surface area (Å²) in [5, 5.41) is 2.95. The van der Waals surface area contributed by atoms with E-state index in [2.05, 4.69) is 10.3 Å². The van der Waals surface area contributed by atoms with Gasteiger partial charge in [-0.05, 0) is 26.8 Å². The van der Waals surface area contributed by atoms with Crippen molar-refractivity contribution in [2.45, 2.75) is 26.8 Å². The molecule has 5 N–H and O–H groups in total. The molecule has 1 aromatic heterocycles. The summed E-state index contributed by atoms with van der Waals surface area (Å²) < 4.78 is 0. The Morgan fingerprint density at radius 2 is 2.00 bits per heavy atom. The summed E-state index contributed by atoms with van der Waals surface area (Å²) in [6.07, 6.45) is 1.34. The lowest BCUT2D eigenvalue weighted by Gasteiger charge is -2.23. The number of anilines is 2. The second-order valence-corrected chi connectivity index (χ2v) is 4.40. The first-order valence-corrected chi connectivity index (χ1v) is 6.51. The van der Waals surface area contributed by atoms with Crippen LogP contribution in [0.3, 0.4) is 0 Å². The van der Waals surface area contributed by atoms with Crippen molar-refractivity contribution >= 4 is 23.3 Å². The lowest BCUT2D eigenvalue weighted by molar-refractivity contribution is -0.131. The van der Waals surface area contributed by atoms with E-state index in [4.69, 9.17) is 11.5 Å². The number of rotatable bonds is 6. The van der Waals surface area contributed by atoms with Gasteiger partial charge < -0.3 is 21.7 Å². The molecular formula is C13H21N5O2. The molecule has 110 valence electrons. The van der Waals surface area contributed by atoms with E-state index < -0.39 is 11.9 Å². The molecule has 2 amide bonds. The zero-order valence-electron chi connectivity index (χ0n) is 12.0. The fourth-order valence-electron chi connectivity index (χ4n) is 1.85. The van der Waals surface area contributed by atoms with Crippen LogP contribution in [0, 0.1) is 0 Å². The molecule has 0 bridgehead atoms. The van der Waals surface area contributed by atoms with Crippen LogP contribution in [-0.2, 0) is 4.79 Å². The molecule has 0 aliphatic rings. The van der Waals surface area contributed by atoms with Crippen LogP contribution < -0.4 is 16.8 Å². The highest BCUT2D eigenvalue weighted by molar-refractivity contribution is 5.98. The molecule has 0 saturated carbocycles. The van der Waals surface area contributed by atoms with E-state index in [9.17, 15) is 9.59 Å². The van der Waals surface area contributed by atoms with Crippen molar-refractivity contribution in [3.63, 3.8) is 0 Å². The maximum absolute atomic E-state index is 12.1. The van der Waals surface area contributed by atoms with Gasteiger partial charge in [-0.15, -0.1) is 0 Å². The third-order valence-corrected chi connectivity index (χ3v) is 3.01. The Hall–Kier alpha value is -2.31. The first kappa shape index (κ1) is 15.7. The third-order valence-electron chi connectivity index (χ3n) is 3.01. The van der Waals surface area contributed by atoms with Gasteiger partial charge in [-0.3, -0.25) is 9.59 Å². The number of amides is 2. The van der Waals surface area contributed by atoms with Gasteiger partial charge in [0.15, 0.2) is 0 Å². The Kier molecular flexibility index (Phi) is 5.31. The largest absolute Gasteiger partial charge is 0.397 e. The average Bonchev–Trinajstić information content (AvgIpc) is 2.41. The summed E-state index contributed by atoms with van der Waals surface area (Å²) in [4.78, 5) is 29.1. The van der Waals surface area contributed by atoms with Crippen molar-refractivity contribution in [3.8, 4) is 0 Å². The summed E-state index contributed by atoms with van der Waals surface area (Å²) in [6.45, 7) is 6.86. The van der Waals surface area contributed by atoms with Gasteiger partial charge in [-0.1, -0.05) is 0 Å². The van der Waals surface area contributed by atoms with Crippen molar-refractivity contribution in [2.24, 2.45) is 5.73 Å². The third kappa shape index (κ3) is 3.59. The van der Waals surface area contributed by atoms with E-state index in [0.29, 0.717) is 18.9 Å². The summed E-state index contributed by atoms with van der Waals surface area (Å²) >= 11 is 0. The van der Waals surface area contributed by atoms with E-state index in [-0.39, 0.29) is 17.2 Å². The van der Waals surface area contributed by atoms with Crippen molar-refractivity contribution in [3.05, 3.63) is 17.8 Å². The number of carbonyl (C=O) groups is 2. The van der Waals surface area contributed by atoms with Gasteiger partial charge in [-0.2, -0.15) is 0 Å².